The fourth-order valence-electron chi connectivity index (χ4n) is 1.68. The molecule has 0 unspecified atom stereocenters. The Balaban J connectivity index is 2.58. The lowest BCUT2D eigenvalue weighted by atomic mass is 10.2. The van der Waals surface area contributed by atoms with Gasteiger partial charge in [0.2, 0.25) is 0 Å². The number of hydrogen-bond acceptors (Lipinski definition) is 4. The topological polar surface area (TPSA) is 59.9 Å². The fraction of sp³-hybridized carbons (Fsp3) is 0.250. The molecule has 1 N–H and O–H groups in total. The molecular weight excluding hydrogens is 250 g/mol. The minimum Gasteiger partial charge on any atom is -0.383 e. The van der Waals surface area contributed by atoms with Gasteiger partial charge in [-0.25, -0.2) is 0 Å². The van der Waals surface area contributed by atoms with Crippen LogP contribution in [0.2, 0.25) is 0 Å². The Hall–Kier alpha value is -1.79. The largest absolute Gasteiger partial charge is 0.383 e. The Morgan fingerprint density at radius 3 is 3.06 bits per heavy atom. The van der Waals surface area contributed by atoms with Crippen LogP contribution in [0.1, 0.15) is 0 Å². The van der Waals surface area contributed by atoms with Crippen LogP contribution >= 0.6 is 12.2 Å². The molecule has 6 heteroatoms. The molecule has 0 amide bonds. The van der Waals surface area contributed by atoms with Crippen LogP contribution in [0.4, 0.5) is 0 Å². The molecule has 0 aliphatic carbocycles. The van der Waals surface area contributed by atoms with Gasteiger partial charge in [-0.2, -0.15) is 0 Å². The molecule has 0 aromatic carbocycles. The maximum atomic E-state index is 11.5. The second-order valence-corrected chi connectivity index (χ2v) is 4.10. The van der Waals surface area contributed by atoms with E-state index in [4.69, 9.17) is 17.0 Å². The highest BCUT2D eigenvalue weighted by Crippen LogP contribution is 2.16. The number of pyridine rings is 1. The summed E-state index contributed by atoms with van der Waals surface area (Å²) in [6.07, 6.45) is 3.39. The molecular formula is C12H13N3O2S. The van der Waals surface area contributed by atoms with Crippen LogP contribution in [0.25, 0.3) is 11.3 Å². The van der Waals surface area contributed by atoms with Crippen molar-refractivity contribution in [3.05, 3.63) is 45.7 Å². The van der Waals surface area contributed by atoms with E-state index in [0.717, 1.165) is 11.3 Å². The van der Waals surface area contributed by atoms with Gasteiger partial charge < -0.3 is 9.30 Å². The first kappa shape index (κ1) is 12.7. The van der Waals surface area contributed by atoms with E-state index < -0.39 is 0 Å². The molecule has 0 saturated heterocycles. The summed E-state index contributed by atoms with van der Waals surface area (Å²) in [4.78, 5) is 18.2. The van der Waals surface area contributed by atoms with E-state index in [-0.39, 0.29) is 5.56 Å². The molecule has 5 nitrogen and oxygen atoms in total. The number of nitrogens with one attached hydrogen (secondary N) is 1. The lowest BCUT2D eigenvalue weighted by molar-refractivity contribution is 0.186. The van der Waals surface area contributed by atoms with Crippen molar-refractivity contribution in [2.75, 3.05) is 13.7 Å². The number of methoxy groups -OCH3 is 1. The van der Waals surface area contributed by atoms with Gasteiger partial charge in [0.25, 0.3) is 5.56 Å². The molecule has 2 heterocycles. The molecule has 0 radical (unpaired) electrons. The quantitative estimate of drug-likeness (QED) is 0.851. The van der Waals surface area contributed by atoms with Crippen molar-refractivity contribution in [1.29, 1.82) is 0 Å². The van der Waals surface area contributed by atoms with E-state index in [0.29, 0.717) is 17.9 Å². The van der Waals surface area contributed by atoms with E-state index in [1.165, 1.54) is 6.07 Å². The molecule has 2 rings (SSSR count). The van der Waals surface area contributed by atoms with Crippen LogP contribution in [-0.4, -0.2) is 28.3 Å². The summed E-state index contributed by atoms with van der Waals surface area (Å²) in [5, 5.41) is 0. The Kier molecular flexibility index (Phi) is 4.01. The third kappa shape index (κ3) is 2.72. The fourth-order valence-corrected chi connectivity index (χ4v) is 1.97. The maximum absolute atomic E-state index is 11.5. The Bertz CT molecular complexity index is 634. The average Bonchev–Trinajstić information content (AvgIpc) is 2.38. The Morgan fingerprint density at radius 2 is 2.39 bits per heavy atom. The summed E-state index contributed by atoms with van der Waals surface area (Å²) in [5.74, 6) is 0. The second-order valence-electron chi connectivity index (χ2n) is 3.71. The standard InChI is InChI=1S/C12H13N3O2S/c1-17-6-5-15-10(7-11(16)14-12(15)18)9-3-2-4-13-8-9/h2-4,7-8H,5-6H2,1H3,(H,14,16,18). The highest BCUT2D eigenvalue weighted by atomic mass is 32.1. The molecule has 18 heavy (non-hydrogen) atoms. The number of ether oxygens (including phenoxy) is 1. The first-order chi connectivity index (χ1) is 8.72. The smallest absolute Gasteiger partial charge is 0.252 e. The van der Waals surface area contributed by atoms with Crippen LogP contribution in [0.3, 0.4) is 0 Å². The van der Waals surface area contributed by atoms with Crippen molar-refractivity contribution in [2.24, 2.45) is 0 Å². The Morgan fingerprint density at radius 1 is 1.56 bits per heavy atom. The zero-order chi connectivity index (χ0) is 13.0. The molecule has 2 aromatic rings. The second kappa shape index (κ2) is 5.70. The first-order valence-corrected chi connectivity index (χ1v) is 5.86. The van der Waals surface area contributed by atoms with Crippen molar-refractivity contribution in [3.8, 4) is 11.3 Å². The van der Waals surface area contributed by atoms with Crippen LogP contribution in [0, 0.1) is 4.77 Å². The van der Waals surface area contributed by atoms with E-state index in [9.17, 15) is 4.79 Å². The van der Waals surface area contributed by atoms with Gasteiger partial charge in [0.05, 0.1) is 12.3 Å². The SMILES string of the molecule is COCCn1c(-c2cccnc2)cc(=O)[nH]c1=S. The predicted molar refractivity (Wildman–Crippen MR) is 71.0 cm³/mol. The number of rotatable bonds is 4. The highest BCUT2D eigenvalue weighted by Gasteiger charge is 2.06. The van der Waals surface area contributed by atoms with Gasteiger partial charge in [-0.1, -0.05) is 0 Å². The molecule has 0 atom stereocenters. The lowest BCUT2D eigenvalue weighted by Crippen LogP contribution is -2.16. The first-order valence-electron chi connectivity index (χ1n) is 5.46. The van der Waals surface area contributed by atoms with E-state index in [2.05, 4.69) is 9.97 Å². The van der Waals surface area contributed by atoms with Crippen LogP contribution < -0.4 is 5.56 Å². The number of aromatic nitrogens is 3. The minimum absolute atomic E-state index is 0.215. The summed E-state index contributed by atoms with van der Waals surface area (Å²) in [7, 11) is 1.62. The average molecular weight is 263 g/mol. The number of hydrogen-bond donors (Lipinski definition) is 1. The summed E-state index contributed by atoms with van der Waals surface area (Å²) in [6.45, 7) is 1.10. The van der Waals surface area contributed by atoms with Gasteiger partial charge in [0.1, 0.15) is 0 Å². The van der Waals surface area contributed by atoms with Gasteiger partial charge in [-0.15, -0.1) is 0 Å². The molecule has 2 aromatic heterocycles. The summed E-state index contributed by atoms with van der Waals surface area (Å²) < 4.78 is 7.27. The summed E-state index contributed by atoms with van der Waals surface area (Å²) in [5.41, 5.74) is 1.38. The summed E-state index contributed by atoms with van der Waals surface area (Å²) >= 11 is 5.17. The van der Waals surface area contributed by atoms with Crippen molar-refractivity contribution >= 4 is 12.2 Å². The van der Waals surface area contributed by atoms with Gasteiger partial charge in [-0.3, -0.25) is 14.8 Å². The van der Waals surface area contributed by atoms with Crippen LogP contribution in [0.15, 0.2) is 35.4 Å². The molecule has 0 bridgehead atoms. The zero-order valence-electron chi connectivity index (χ0n) is 9.92. The third-order valence-corrected chi connectivity index (χ3v) is 2.83. The van der Waals surface area contributed by atoms with Crippen molar-refractivity contribution < 1.29 is 4.74 Å². The van der Waals surface area contributed by atoms with Crippen molar-refractivity contribution in [2.45, 2.75) is 6.54 Å². The third-order valence-electron chi connectivity index (χ3n) is 2.51. The highest BCUT2D eigenvalue weighted by molar-refractivity contribution is 7.71. The van der Waals surface area contributed by atoms with Crippen molar-refractivity contribution in [1.82, 2.24) is 14.5 Å². The van der Waals surface area contributed by atoms with Gasteiger partial charge in [-0.05, 0) is 24.4 Å². The molecule has 0 spiro atoms. The normalized spacial score (nSPS) is 10.5. The predicted octanol–water partition coefficient (Wildman–Crippen LogP) is 1.61. The maximum Gasteiger partial charge on any atom is 0.252 e. The van der Waals surface area contributed by atoms with Crippen LogP contribution in [0.5, 0.6) is 0 Å². The molecule has 94 valence electrons. The molecule has 0 aliphatic rings. The lowest BCUT2D eigenvalue weighted by Gasteiger charge is -2.12. The molecule has 0 fully saturated rings. The van der Waals surface area contributed by atoms with E-state index in [1.54, 1.807) is 19.5 Å². The summed E-state index contributed by atoms with van der Waals surface area (Å²) in [6, 6.07) is 5.22. The monoisotopic (exact) mass is 263 g/mol. The molecule has 0 aliphatic heterocycles. The minimum atomic E-state index is -0.215. The van der Waals surface area contributed by atoms with E-state index in [1.807, 2.05) is 16.7 Å². The van der Waals surface area contributed by atoms with Gasteiger partial charge in [0.15, 0.2) is 4.77 Å². The van der Waals surface area contributed by atoms with Gasteiger partial charge >= 0.3 is 0 Å². The molecule has 0 saturated carbocycles. The van der Waals surface area contributed by atoms with Crippen molar-refractivity contribution in [3.63, 3.8) is 0 Å². The number of aromatic amines is 1. The number of H-pyrrole nitrogens is 1. The van der Waals surface area contributed by atoms with Crippen LogP contribution in [-0.2, 0) is 11.3 Å². The Labute approximate surface area is 109 Å². The zero-order valence-corrected chi connectivity index (χ0v) is 10.7. The van der Waals surface area contributed by atoms with E-state index >= 15 is 0 Å². The number of nitrogens with zero attached hydrogens (tertiary/aromatic N) is 2. The van der Waals surface area contributed by atoms with Gasteiger partial charge in [0, 0.05) is 37.7 Å².